The third-order valence-corrected chi connectivity index (χ3v) is 5.35. The van der Waals surface area contributed by atoms with Crippen molar-refractivity contribution in [3.63, 3.8) is 0 Å². The SMILES string of the molecule is Cc1ccc(-n2nnnc2SCC(=O)NC2CCC(C)CC2)cc1. The van der Waals surface area contributed by atoms with E-state index in [4.69, 9.17) is 0 Å². The van der Waals surface area contributed by atoms with Crippen LogP contribution in [0.1, 0.15) is 38.2 Å². The molecule has 0 atom stereocenters. The van der Waals surface area contributed by atoms with Crippen LogP contribution in [0.3, 0.4) is 0 Å². The highest BCUT2D eigenvalue weighted by atomic mass is 32.2. The fourth-order valence-electron chi connectivity index (χ4n) is 2.92. The van der Waals surface area contributed by atoms with Gasteiger partial charge in [-0.05, 0) is 61.1 Å². The van der Waals surface area contributed by atoms with E-state index in [0.29, 0.717) is 17.0 Å². The number of thioether (sulfide) groups is 1. The zero-order valence-corrected chi connectivity index (χ0v) is 14.9. The summed E-state index contributed by atoms with van der Waals surface area (Å²) < 4.78 is 1.67. The Hall–Kier alpha value is -1.89. The number of aromatic nitrogens is 4. The van der Waals surface area contributed by atoms with Gasteiger partial charge in [0, 0.05) is 6.04 Å². The Morgan fingerprint density at radius 3 is 2.67 bits per heavy atom. The highest BCUT2D eigenvalue weighted by molar-refractivity contribution is 7.99. The van der Waals surface area contributed by atoms with Crippen LogP contribution in [-0.2, 0) is 4.79 Å². The van der Waals surface area contributed by atoms with Crippen molar-refractivity contribution in [1.82, 2.24) is 25.5 Å². The second-order valence-electron chi connectivity index (χ2n) is 6.52. The third-order valence-electron chi connectivity index (χ3n) is 4.43. The number of nitrogens with one attached hydrogen (secondary N) is 1. The summed E-state index contributed by atoms with van der Waals surface area (Å²) in [5.74, 6) is 1.17. The molecule has 1 saturated carbocycles. The van der Waals surface area contributed by atoms with Gasteiger partial charge in [0.05, 0.1) is 11.4 Å². The van der Waals surface area contributed by atoms with Crippen molar-refractivity contribution in [2.45, 2.75) is 50.7 Å². The molecule has 0 saturated heterocycles. The Balaban J connectivity index is 1.54. The smallest absolute Gasteiger partial charge is 0.230 e. The van der Waals surface area contributed by atoms with Crippen LogP contribution in [-0.4, -0.2) is 37.9 Å². The molecule has 1 aromatic heterocycles. The van der Waals surface area contributed by atoms with Crippen molar-refractivity contribution in [1.29, 1.82) is 0 Å². The summed E-state index contributed by atoms with van der Waals surface area (Å²) in [7, 11) is 0. The summed E-state index contributed by atoms with van der Waals surface area (Å²) in [6.45, 7) is 4.31. The van der Waals surface area contributed by atoms with Gasteiger partial charge in [0.15, 0.2) is 0 Å². The summed E-state index contributed by atoms with van der Waals surface area (Å²) in [5, 5.41) is 15.5. The van der Waals surface area contributed by atoms with Gasteiger partial charge in [0.1, 0.15) is 0 Å². The first-order valence-corrected chi connectivity index (χ1v) is 9.38. The van der Waals surface area contributed by atoms with Crippen LogP contribution in [0.4, 0.5) is 0 Å². The van der Waals surface area contributed by atoms with E-state index in [1.165, 1.54) is 30.2 Å². The molecule has 0 spiro atoms. The molecule has 7 heteroatoms. The van der Waals surface area contributed by atoms with Crippen molar-refractivity contribution in [2.75, 3.05) is 5.75 Å². The van der Waals surface area contributed by atoms with Crippen LogP contribution in [0.2, 0.25) is 0 Å². The van der Waals surface area contributed by atoms with E-state index in [-0.39, 0.29) is 5.91 Å². The molecule has 2 aromatic rings. The van der Waals surface area contributed by atoms with Crippen molar-refractivity contribution in [2.24, 2.45) is 5.92 Å². The lowest BCUT2D eigenvalue weighted by Crippen LogP contribution is -2.38. The lowest BCUT2D eigenvalue weighted by molar-refractivity contribution is -0.119. The van der Waals surface area contributed by atoms with Gasteiger partial charge in [0.2, 0.25) is 11.1 Å². The Morgan fingerprint density at radius 2 is 1.96 bits per heavy atom. The van der Waals surface area contributed by atoms with E-state index in [1.807, 2.05) is 31.2 Å². The molecule has 0 unspecified atom stereocenters. The normalized spacial score (nSPS) is 20.8. The maximum absolute atomic E-state index is 12.2. The van der Waals surface area contributed by atoms with Crippen molar-refractivity contribution in [3.8, 4) is 5.69 Å². The number of nitrogens with zero attached hydrogens (tertiary/aromatic N) is 4. The van der Waals surface area contributed by atoms with Crippen molar-refractivity contribution >= 4 is 17.7 Å². The average molecular weight is 345 g/mol. The third kappa shape index (κ3) is 4.35. The molecule has 0 bridgehead atoms. The van der Waals surface area contributed by atoms with Crippen LogP contribution in [0.15, 0.2) is 29.4 Å². The molecule has 1 amide bonds. The standard InChI is InChI=1S/C17H23N5OS/c1-12-3-7-14(8-4-12)18-16(23)11-24-17-19-20-21-22(17)15-9-5-13(2)6-10-15/h5-6,9-10,12,14H,3-4,7-8,11H2,1-2H3,(H,18,23). The predicted octanol–water partition coefficient (Wildman–Crippen LogP) is 2.76. The van der Waals surface area contributed by atoms with Gasteiger partial charge in [0.25, 0.3) is 0 Å². The summed E-state index contributed by atoms with van der Waals surface area (Å²) >= 11 is 1.36. The van der Waals surface area contributed by atoms with Gasteiger partial charge in [-0.1, -0.05) is 36.4 Å². The Bertz CT molecular complexity index is 677. The van der Waals surface area contributed by atoms with Crippen molar-refractivity contribution in [3.05, 3.63) is 29.8 Å². The first kappa shape index (κ1) is 17.0. The van der Waals surface area contributed by atoms with E-state index < -0.39 is 0 Å². The maximum Gasteiger partial charge on any atom is 0.230 e. The minimum Gasteiger partial charge on any atom is -0.353 e. The molecule has 1 aromatic carbocycles. The molecule has 24 heavy (non-hydrogen) atoms. The lowest BCUT2D eigenvalue weighted by atomic mass is 9.87. The predicted molar refractivity (Wildman–Crippen MR) is 94.2 cm³/mol. The van der Waals surface area contributed by atoms with Crippen LogP contribution < -0.4 is 5.32 Å². The zero-order chi connectivity index (χ0) is 16.9. The van der Waals surface area contributed by atoms with E-state index in [9.17, 15) is 4.79 Å². The Labute approximate surface area is 146 Å². The molecule has 1 aliphatic rings. The molecule has 128 valence electrons. The molecule has 0 radical (unpaired) electrons. The Kier molecular flexibility index (Phi) is 5.50. The van der Waals surface area contributed by atoms with E-state index >= 15 is 0 Å². The number of carbonyl (C=O) groups excluding carboxylic acids is 1. The van der Waals surface area contributed by atoms with Gasteiger partial charge >= 0.3 is 0 Å². The van der Waals surface area contributed by atoms with Gasteiger partial charge in [-0.15, -0.1) is 5.10 Å². The molecular weight excluding hydrogens is 322 g/mol. The number of rotatable bonds is 5. The second-order valence-corrected chi connectivity index (χ2v) is 7.46. The largest absolute Gasteiger partial charge is 0.353 e. The van der Waals surface area contributed by atoms with Gasteiger partial charge in [-0.3, -0.25) is 4.79 Å². The number of carbonyl (C=O) groups is 1. The maximum atomic E-state index is 12.2. The minimum atomic E-state index is 0.0537. The molecule has 0 aliphatic heterocycles. The molecule has 1 aliphatic carbocycles. The van der Waals surface area contributed by atoms with Crippen LogP contribution >= 0.6 is 11.8 Å². The molecule has 1 fully saturated rings. The number of aryl methyl sites for hydroxylation is 1. The van der Waals surface area contributed by atoms with E-state index in [0.717, 1.165) is 24.4 Å². The van der Waals surface area contributed by atoms with E-state index in [2.05, 4.69) is 27.8 Å². The fourth-order valence-corrected chi connectivity index (χ4v) is 3.62. The number of tetrazole rings is 1. The number of hydrogen-bond acceptors (Lipinski definition) is 5. The van der Waals surface area contributed by atoms with Crippen molar-refractivity contribution < 1.29 is 4.79 Å². The highest BCUT2D eigenvalue weighted by Crippen LogP contribution is 2.24. The molecule has 1 heterocycles. The molecule has 3 rings (SSSR count). The monoisotopic (exact) mass is 345 g/mol. The topological polar surface area (TPSA) is 72.7 Å². The molecular formula is C17H23N5OS. The zero-order valence-electron chi connectivity index (χ0n) is 14.1. The highest BCUT2D eigenvalue weighted by Gasteiger charge is 2.20. The minimum absolute atomic E-state index is 0.0537. The summed E-state index contributed by atoms with van der Waals surface area (Å²) in [5.41, 5.74) is 2.08. The van der Waals surface area contributed by atoms with E-state index in [1.54, 1.807) is 4.68 Å². The molecule has 1 N–H and O–H groups in total. The summed E-state index contributed by atoms with van der Waals surface area (Å²) in [6, 6.07) is 8.30. The quantitative estimate of drug-likeness (QED) is 0.844. The van der Waals surface area contributed by atoms with Crippen LogP contribution in [0.5, 0.6) is 0 Å². The van der Waals surface area contributed by atoms with Gasteiger partial charge in [-0.25, -0.2) is 0 Å². The van der Waals surface area contributed by atoms with Crippen LogP contribution in [0.25, 0.3) is 5.69 Å². The number of hydrogen-bond donors (Lipinski definition) is 1. The first-order chi connectivity index (χ1) is 11.6. The lowest BCUT2D eigenvalue weighted by Gasteiger charge is -2.26. The summed E-state index contributed by atoms with van der Waals surface area (Å²) in [6.07, 6.45) is 4.56. The molecule has 6 nitrogen and oxygen atoms in total. The van der Waals surface area contributed by atoms with Crippen LogP contribution in [0, 0.1) is 12.8 Å². The first-order valence-electron chi connectivity index (χ1n) is 8.39. The van der Waals surface area contributed by atoms with Gasteiger partial charge in [-0.2, -0.15) is 4.68 Å². The fraction of sp³-hybridized carbons (Fsp3) is 0.529. The number of benzene rings is 1. The second kappa shape index (κ2) is 7.79. The number of amides is 1. The average Bonchev–Trinajstić information content (AvgIpc) is 3.04. The Morgan fingerprint density at radius 1 is 1.25 bits per heavy atom. The summed E-state index contributed by atoms with van der Waals surface area (Å²) in [4.78, 5) is 12.2. The van der Waals surface area contributed by atoms with Gasteiger partial charge < -0.3 is 5.32 Å².